The molecular weight excluding hydrogens is 439 g/mol. The number of benzene rings is 2. The van der Waals surface area contributed by atoms with Gasteiger partial charge in [-0.2, -0.15) is 0 Å². The minimum atomic E-state index is -0.277. The third-order valence-corrected chi connectivity index (χ3v) is 5.47. The molecular formula is C22H28BrFN2O3. The zero-order chi connectivity index (χ0) is 20.5. The second kappa shape index (κ2) is 11.5. The lowest BCUT2D eigenvalue weighted by molar-refractivity contribution is 0.0374. The molecule has 1 heterocycles. The Morgan fingerprint density at radius 1 is 1.21 bits per heavy atom. The van der Waals surface area contributed by atoms with Crippen LogP contribution in [0.3, 0.4) is 0 Å². The minimum Gasteiger partial charge on any atom is -0.493 e. The van der Waals surface area contributed by atoms with Gasteiger partial charge in [0.2, 0.25) is 0 Å². The highest BCUT2D eigenvalue weighted by atomic mass is 79.9. The van der Waals surface area contributed by atoms with Crippen molar-refractivity contribution >= 4 is 15.9 Å². The van der Waals surface area contributed by atoms with E-state index in [-0.39, 0.29) is 12.4 Å². The Bertz CT molecular complexity index is 785. The maximum Gasteiger partial charge on any atom is 0.175 e. The number of rotatable bonds is 10. The van der Waals surface area contributed by atoms with Crippen LogP contribution >= 0.6 is 15.9 Å². The van der Waals surface area contributed by atoms with Crippen molar-refractivity contribution in [2.24, 2.45) is 0 Å². The molecule has 0 atom stereocenters. The van der Waals surface area contributed by atoms with Gasteiger partial charge in [-0.3, -0.25) is 4.90 Å². The summed E-state index contributed by atoms with van der Waals surface area (Å²) in [6, 6.07) is 10.6. The van der Waals surface area contributed by atoms with Crippen molar-refractivity contribution in [1.29, 1.82) is 0 Å². The van der Waals surface area contributed by atoms with Crippen LogP contribution in [-0.2, 0) is 17.9 Å². The lowest BCUT2D eigenvalue weighted by Crippen LogP contribution is -2.37. The monoisotopic (exact) mass is 466 g/mol. The zero-order valence-electron chi connectivity index (χ0n) is 16.8. The number of hydrogen-bond donors (Lipinski definition) is 1. The van der Waals surface area contributed by atoms with Crippen LogP contribution in [0.5, 0.6) is 11.5 Å². The van der Waals surface area contributed by atoms with E-state index in [0.717, 1.165) is 62.4 Å². The molecule has 7 heteroatoms. The van der Waals surface area contributed by atoms with Gasteiger partial charge in [0.15, 0.2) is 11.5 Å². The predicted octanol–water partition coefficient (Wildman–Crippen LogP) is 3.99. The third-order valence-electron chi connectivity index (χ3n) is 4.88. The number of methoxy groups -OCH3 is 1. The van der Waals surface area contributed by atoms with Crippen LogP contribution in [0.25, 0.3) is 0 Å². The lowest BCUT2D eigenvalue weighted by atomic mass is 10.2. The fourth-order valence-electron chi connectivity index (χ4n) is 3.27. The Morgan fingerprint density at radius 2 is 2.00 bits per heavy atom. The molecule has 158 valence electrons. The first kappa shape index (κ1) is 22.0. The first-order valence-corrected chi connectivity index (χ1v) is 10.7. The van der Waals surface area contributed by atoms with Crippen LogP contribution in [0.15, 0.2) is 40.9 Å². The van der Waals surface area contributed by atoms with Crippen LogP contribution in [0, 0.1) is 5.82 Å². The van der Waals surface area contributed by atoms with E-state index in [1.165, 1.54) is 6.07 Å². The Morgan fingerprint density at radius 3 is 2.76 bits per heavy atom. The highest BCUT2D eigenvalue weighted by Crippen LogP contribution is 2.37. The van der Waals surface area contributed by atoms with E-state index in [9.17, 15) is 4.39 Å². The molecule has 0 aromatic heterocycles. The van der Waals surface area contributed by atoms with Gasteiger partial charge in [0.25, 0.3) is 0 Å². The van der Waals surface area contributed by atoms with Gasteiger partial charge in [0.1, 0.15) is 12.4 Å². The summed E-state index contributed by atoms with van der Waals surface area (Å²) < 4.78 is 31.3. The maximum atomic E-state index is 13.8. The van der Waals surface area contributed by atoms with E-state index < -0.39 is 0 Å². The summed E-state index contributed by atoms with van der Waals surface area (Å²) in [5.41, 5.74) is 1.60. The molecule has 1 aliphatic rings. The number of hydrogen-bond acceptors (Lipinski definition) is 5. The fourth-order valence-corrected chi connectivity index (χ4v) is 3.87. The van der Waals surface area contributed by atoms with E-state index >= 15 is 0 Å². The smallest absolute Gasteiger partial charge is 0.175 e. The molecule has 5 nitrogen and oxygen atoms in total. The molecule has 2 aromatic carbocycles. The average Bonchev–Trinajstić information content (AvgIpc) is 2.74. The third kappa shape index (κ3) is 6.67. The van der Waals surface area contributed by atoms with Gasteiger partial charge in [0, 0.05) is 25.2 Å². The zero-order valence-corrected chi connectivity index (χ0v) is 18.3. The summed E-state index contributed by atoms with van der Waals surface area (Å²) >= 11 is 3.56. The average molecular weight is 467 g/mol. The van der Waals surface area contributed by atoms with Gasteiger partial charge < -0.3 is 19.5 Å². The molecule has 0 saturated carbocycles. The molecule has 0 amide bonds. The topological polar surface area (TPSA) is 43.0 Å². The summed E-state index contributed by atoms with van der Waals surface area (Å²) in [5.74, 6) is 0.924. The van der Waals surface area contributed by atoms with Crippen LogP contribution in [0.1, 0.15) is 17.5 Å². The second-order valence-corrected chi connectivity index (χ2v) is 7.83. The number of halogens is 2. The summed E-state index contributed by atoms with van der Waals surface area (Å²) in [7, 11) is 1.61. The maximum absolute atomic E-state index is 13.8. The molecule has 0 aliphatic carbocycles. The van der Waals surface area contributed by atoms with E-state index in [1.54, 1.807) is 25.3 Å². The van der Waals surface area contributed by atoms with Crippen LogP contribution in [0.2, 0.25) is 0 Å². The molecule has 0 radical (unpaired) electrons. The quantitative estimate of drug-likeness (QED) is 0.536. The van der Waals surface area contributed by atoms with Crippen molar-refractivity contribution in [3.63, 3.8) is 0 Å². The van der Waals surface area contributed by atoms with Crippen molar-refractivity contribution in [2.45, 2.75) is 19.6 Å². The molecule has 0 bridgehead atoms. The Kier molecular flexibility index (Phi) is 8.73. The summed E-state index contributed by atoms with van der Waals surface area (Å²) in [6.07, 6.45) is 1.10. The minimum absolute atomic E-state index is 0.140. The van der Waals surface area contributed by atoms with Crippen molar-refractivity contribution in [3.8, 4) is 11.5 Å². The molecule has 3 rings (SSSR count). The number of morpholine rings is 1. The lowest BCUT2D eigenvalue weighted by Gasteiger charge is -2.26. The van der Waals surface area contributed by atoms with Gasteiger partial charge in [0.05, 0.1) is 24.8 Å². The van der Waals surface area contributed by atoms with Crippen molar-refractivity contribution in [1.82, 2.24) is 10.2 Å². The predicted molar refractivity (Wildman–Crippen MR) is 115 cm³/mol. The summed E-state index contributed by atoms with van der Waals surface area (Å²) in [4.78, 5) is 2.44. The Hall–Kier alpha value is -1.67. The highest BCUT2D eigenvalue weighted by molar-refractivity contribution is 9.10. The first-order valence-electron chi connectivity index (χ1n) is 9.91. The molecule has 0 spiro atoms. The Labute approximate surface area is 180 Å². The molecule has 1 saturated heterocycles. The van der Waals surface area contributed by atoms with Gasteiger partial charge in [-0.15, -0.1) is 0 Å². The standard InChI is InChI=1S/C22H28BrFN2O3/c1-27-21-14-17(15-25-7-4-8-26-9-11-28-12-10-26)13-19(23)22(21)29-16-18-5-2-3-6-20(18)24/h2-3,5-6,13-14,25H,4,7-12,15-16H2,1H3. The number of nitrogens with zero attached hydrogens (tertiary/aromatic N) is 1. The summed E-state index contributed by atoms with van der Waals surface area (Å²) in [5, 5.41) is 3.48. The van der Waals surface area contributed by atoms with E-state index in [4.69, 9.17) is 14.2 Å². The second-order valence-electron chi connectivity index (χ2n) is 6.97. The van der Waals surface area contributed by atoms with E-state index in [0.29, 0.717) is 17.1 Å². The van der Waals surface area contributed by atoms with Crippen LogP contribution in [-0.4, -0.2) is 51.4 Å². The molecule has 1 aliphatic heterocycles. The van der Waals surface area contributed by atoms with Crippen molar-refractivity contribution in [3.05, 3.63) is 57.8 Å². The molecule has 1 fully saturated rings. The number of ether oxygens (including phenoxy) is 3. The van der Waals surface area contributed by atoms with E-state index in [2.05, 4.69) is 26.1 Å². The normalized spacial score (nSPS) is 14.7. The van der Waals surface area contributed by atoms with Crippen molar-refractivity contribution in [2.75, 3.05) is 46.5 Å². The molecule has 2 aromatic rings. The number of nitrogens with one attached hydrogen (secondary N) is 1. The van der Waals surface area contributed by atoms with Gasteiger partial charge in [-0.25, -0.2) is 4.39 Å². The van der Waals surface area contributed by atoms with Gasteiger partial charge in [-0.1, -0.05) is 18.2 Å². The largest absolute Gasteiger partial charge is 0.493 e. The van der Waals surface area contributed by atoms with E-state index in [1.807, 2.05) is 12.1 Å². The first-order chi connectivity index (χ1) is 14.2. The SMILES string of the molecule is COc1cc(CNCCCN2CCOCC2)cc(Br)c1OCc1ccccc1F. The van der Waals surface area contributed by atoms with Crippen LogP contribution in [0.4, 0.5) is 4.39 Å². The molecule has 29 heavy (non-hydrogen) atoms. The fraction of sp³-hybridized carbons (Fsp3) is 0.455. The molecule has 0 unspecified atom stereocenters. The van der Waals surface area contributed by atoms with Crippen LogP contribution < -0.4 is 14.8 Å². The van der Waals surface area contributed by atoms with Gasteiger partial charge in [-0.05, 0) is 59.2 Å². The van der Waals surface area contributed by atoms with Gasteiger partial charge >= 0.3 is 0 Å². The highest BCUT2D eigenvalue weighted by Gasteiger charge is 2.13. The molecule has 1 N–H and O–H groups in total. The van der Waals surface area contributed by atoms with Crippen molar-refractivity contribution < 1.29 is 18.6 Å². The Balaban J connectivity index is 1.50. The summed E-state index contributed by atoms with van der Waals surface area (Å²) in [6.45, 7) is 6.65.